The van der Waals surface area contributed by atoms with E-state index in [0.717, 1.165) is 27.9 Å². The van der Waals surface area contributed by atoms with Gasteiger partial charge in [0.2, 0.25) is 6.86 Å². The third kappa shape index (κ3) is 5.91. The molecule has 2 heterocycles. The Labute approximate surface area is 204 Å². The number of halogens is 4. The van der Waals surface area contributed by atoms with Gasteiger partial charge in [-0.15, -0.1) is 0 Å². The summed E-state index contributed by atoms with van der Waals surface area (Å²) in [5.41, 5.74) is 2.66. The predicted octanol–water partition coefficient (Wildman–Crippen LogP) is 4.81. The fourth-order valence-corrected chi connectivity index (χ4v) is 3.74. The Morgan fingerprint density at radius 3 is 2.56 bits per heavy atom. The average Bonchev–Trinajstić information content (AvgIpc) is 3.47. The molecule has 0 radical (unpaired) electrons. The van der Waals surface area contributed by atoms with E-state index >= 15 is 0 Å². The van der Waals surface area contributed by atoms with Gasteiger partial charge in [0.15, 0.2) is 0 Å². The number of rotatable bonds is 9. The number of nitrogens with zero attached hydrogens (tertiary/aromatic N) is 3. The monoisotopic (exact) mass is 501 g/mol. The molecule has 36 heavy (non-hydrogen) atoms. The van der Waals surface area contributed by atoms with Gasteiger partial charge in [-0.05, 0) is 29.7 Å². The lowest BCUT2D eigenvalue weighted by Crippen LogP contribution is -2.25. The largest absolute Gasteiger partial charge is 0.463 e. The van der Waals surface area contributed by atoms with Crippen molar-refractivity contribution in [2.24, 2.45) is 0 Å². The van der Waals surface area contributed by atoms with Crippen molar-refractivity contribution in [1.82, 2.24) is 25.3 Å². The Morgan fingerprint density at radius 1 is 1.11 bits per heavy atom. The van der Waals surface area contributed by atoms with Crippen molar-refractivity contribution < 1.29 is 27.1 Å². The third-order valence-electron chi connectivity index (χ3n) is 5.58. The molecule has 1 amide bonds. The highest BCUT2D eigenvalue weighted by molar-refractivity contribution is 5.93. The smallest absolute Gasteiger partial charge is 0.420 e. The molecule has 0 aliphatic carbocycles. The predicted molar refractivity (Wildman–Crippen MR) is 123 cm³/mol. The summed E-state index contributed by atoms with van der Waals surface area (Å²) >= 11 is 0. The van der Waals surface area contributed by atoms with Crippen LogP contribution in [0.2, 0.25) is 0 Å². The molecule has 0 saturated carbocycles. The molecular weight excluding hydrogens is 478 g/mol. The quantitative estimate of drug-likeness (QED) is 0.323. The first-order valence-corrected chi connectivity index (χ1v) is 11.0. The number of hydrogen-bond acceptors (Lipinski definition) is 4. The number of amides is 1. The van der Waals surface area contributed by atoms with Crippen molar-refractivity contribution in [3.8, 4) is 5.75 Å². The van der Waals surface area contributed by atoms with Crippen molar-refractivity contribution in [2.75, 3.05) is 6.86 Å². The second kappa shape index (κ2) is 10.6. The molecule has 188 valence electrons. The maximum atomic E-state index is 13.0. The molecule has 2 aromatic carbocycles. The first-order valence-electron chi connectivity index (χ1n) is 11.0. The van der Waals surface area contributed by atoms with E-state index in [4.69, 9.17) is 4.74 Å². The van der Waals surface area contributed by atoms with Crippen LogP contribution in [0.1, 0.15) is 44.0 Å². The summed E-state index contributed by atoms with van der Waals surface area (Å²) in [5, 5.41) is 12.5. The van der Waals surface area contributed by atoms with E-state index in [2.05, 4.69) is 20.6 Å². The van der Waals surface area contributed by atoms with Crippen LogP contribution in [0.4, 0.5) is 17.6 Å². The number of aryl methyl sites for hydroxylation is 1. The fourth-order valence-electron chi connectivity index (χ4n) is 3.74. The third-order valence-corrected chi connectivity index (χ3v) is 5.58. The summed E-state index contributed by atoms with van der Waals surface area (Å²) in [5.74, 6) is -0.414. The number of aromatic nitrogens is 4. The highest BCUT2D eigenvalue weighted by Crippen LogP contribution is 2.30. The normalized spacial score (nSPS) is 11.5. The zero-order chi connectivity index (χ0) is 25.7. The zero-order valence-corrected chi connectivity index (χ0v) is 19.3. The molecule has 2 aromatic heterocycles. The molecule has 0 unspecified atom stereocenters. The average molecular weight is 501 g/mol. The number of nitrogens with one attached hydrogen (secondary N) is 2. The zero-order valence-electron chi connectivity index (χ0n) is 19.3. The molecule has 0 spiro atoms. The summed E-state index contributed by atoms with van der Waals surface area (Å²) in [4.78, 5) is 12.2. The van der Waals surface area contributed by atoms with Crippen LogP contribution < -0.4 is 10.1 Å². The van der Waals surface area contributed by atoms with E-state index in [1.54, 1.807) is 28.9 Å². The van der Waals surface area contributed by atoms with Crippen LogP contribution in [0.3, 0.4) is 0 Å². The molecule has 0 bridgehead atoms. The van der Waals surface area contributed by atoms with E-state index < -0.39 is 30.2 Å². The Kier molecular flexibility index (Phi) is 7.37. The number of hydrogen-bond donors (Lipinski definition) is 2. The van der Waals surface area contributed by atoms with Crippen molar-refractivity contribution in [3.63, 3.8) is 0 Å². The van der Waals surface area contributed by atoms with E-state index in [0.29, 0.717) is 24.9 Å². The summed E-state index contributed by atoms with van der Waals surface area (Å²) in [6.45, 7) is 1.54. The highest BCUT2D eigenvalue weighted by atomic mass is 19.4. The molecule has 0 saturated heterocycles. The van der Waals surface area contributed by atoms with Gasteiger partial charge in [0.25, 0.3) is 5.91 Å². The molecule has 11 heteroatoms. The summed E-state index contributed by atoms with van der Waals surface area (Å²) in [6, 6.07) is 14.5. The topological polar surface area (TPSA) is 84.8 Å². The second-order valence-electron chi connectivity index (χ2n) is 8.15. The van der Waals surface area contributed by atoms with Crippen LogP contribution in [-0.2, 0) is 25.7 Å². The minimum atomic E-state index is -4.67. The van der Waals surface area contributed by atoms with Gasteiger partial charge in [0.05, 0.1) is 18.4 Å². The van der Waals surface area contributed by atoms with E-state index in [-0.39, 0.29) is 6.54 Å². The van der Waals surface area contributed by atoms with E-state index in [1.807, 2.05) is 37.4 Å². The number of H-pyrrole nitrogens is 1. The van der Waals surface area contributed by atoms with Gasteiger partial charge < -0.3 is 10.1 Å². The van der Waals surface area contributed by atoms with Gasteiger partial charge in [0, 0.05) is 24.7 Å². The van der Waals surface area contributed by atoms with Gasteiger partial charge in [-0.3, -0.25) is 14.6 Å². The van der Waals surface area contributed by atoms with Gasteiger partial charge in [-0.25, -0.2) is 4.39 Å². The number of benzene rings is 2. The van der Waals surface area contributed by atoms with Gasteiger partial charge in [0.1, 0.15) is 17.0 Å². The lowest BCUT2D eigenvalue weighted by molar-refractivity contribution is -0.137. The van der Waals surface area contributed by atoms with Crippen LogP contribution in [0.15, 0.2) is 60.9 Å². The Balaban J connectivity index is 1.37. The molecule has 7 nitrogen and oxygen atoms in total. The number of alkyl halides is 4. The van der Waals surface area contributed by atoms with Crippen LogP contribution in [0.5, 0.6) is 5.75 Å². The van der Waals surface area contributed by atoms with E-state index in [9.17, 15) is 22.4 Å². The summed E-state index contributed by atoms with van der Waals surface area (Å²) in [7, 11) is 0. The van der Waals surface area contributed by atoms with Crippen molar-refractivity contribution in [2.45, 2.75) is 32.6 Å². The van der Waals surface area contributed by atoms with Gasteiger partial charge >= 0.3 is 6.18 Å². The van der Waals surface area contributed by atoms with E-state index in [1.165, 1.54) is 0 Å². The molecular formula is C25H23F4N5O2. The number of carbonyl (C=O) groups excluding carboxylic acids is 1. The summed E-state index contributed by atoms with van der Waals surface area (Å²) < 4.78 is 58.3. The maximum Gasteiger partial charge on any atom is 0.420 e. The van der Waals surface area contributed by atoms with Gasteiger partial charge in [-0.1, -0.05) is 42.5 Å². The van der Waals surface area contributed by atoms with Gasteiger partial charge in [-0.2, -0.15) is 23.4 Å². The molecule has 0 aliphatic rings. The first-order chi connectivity index (χ1) is 17.2. The fraction of sp³-hybridized carbons (Fsp3) is 0.240. The number of aromatic amines is 1. The van der Waals surface area contributed by atoms with Crippen LogP contribution >= 0.6 is 0 Å². The Morgan fingerprint density at radius 2 is 1.83 bits per heavy atom. The Bertz CT molecular complexity index is 1330. The number of ether oxygens (including phenoxy) is 1. The SMILES string of the molecule is Cc1cn(Cc2ccccc2OCF)nc1Cc1ccc(CNC(=O)c2[nH]ncc2C(F)(F)F)cc1. The Hall–Kier alpha value is -4.15. The molecule has 2 N–H and O–H groups in total. The molecule has 0 atom stereocenters. The van der Waals surface area contributed by atoms with Crippen molar-refractivity contribution >= 4 is 5.91 Å². The van der Waals surface area contributed by atoms with Crippen molar-refractivity contribution in [1.29, 1.82) is 0 Å². The second-order valence-corrected chi connectivity index (χ2v) is 8.15. The van der Waals surface area contributed by atoms with Crippen molar-refractivity contribution in [3.05, 3.63) is 100 Å². The molecule has 0 aliphatic heterocycles. The molecule has 0 fully saturated rings. The highest BCUT2D eigenvalue weighted by Gasteiger charge is 2.37. The number of para-hydroxylation sites is 1. The lowest BCUT2D eigenvalue weighted by atomic mass is 10.1. The van der Waals surface area contributed by atoms with Crippen LogP contribution in [-0.4, -0.2) is 32.7 Å². The van der Waals surface area contributed by atoms with Crippen LogP contribution in [0.25, 0.3) is 0 Å². The first kappa shape index (κ1) is 25.0. The van der Waals surface area contributed by atoms with Crippen LogP contribution in [0, 0.1) is 6.92 Å². The summed E-state index contributed by atoms with van der Waals surface area (Å²) in [6.07, 6.45) is -1.60. The standard InChI is InChI=1S/C25H23F4N5O2/c1-16-13-34(14-19-4-2-3-5-22(19)36-15-26)33-21(16)10-17-6-8-18(9-7-17)11-30-24(35)23-20(12-31-32-23)25(27,28)29/h2-9,12-13H,10-11,14-15H2,1H3,(H,30,35)(H,31,32). The minimum Gasteiger partial charge on any atom is -0.463 e. The molecule has 4 rings (SSSR count). The maximum absolute atomic E-state index is 13.0. The number of carbonyl (C=O) groups is 1. The minimum absolute atomic E-state index is 0.0590. The molecule has 4 aromatic rings. The lowest BCUT2D eigenvalue weighted by Gasteiger charge is -2.09.